The first kappa shape index (κ1) is 27.2. The largest absolute Gasteiger partial charge is 0.378 e. The van der Waals surface area contributed by atoms with Crippen molar-refractivity contribution in [3.8, 4) is 0 Å². The quantitative estimate of drug-likeness (QED) is 0.196. The van der Waals surface area contributed by atoms with E-state index in [-0.39, 0.29) is 24.3 Å². The van der Waals surface area contributed by atoms with Gasteiger partial charge in [-0.2, -0.15) is 0 Å². The van der Waals surface area contributed by atoms with Crippen molar-refractivity contribution in [2.75, 3.05) is 31.5 Å². The molecule has 3 aromatic rings. The highest BCUT2D eigenvalue weighted by atomic mass is 127. The summed E-state index contributed by atoms with van der Waals surface area (Å²) in [6, 6.07) is 27.9. The van der Waals surface area contributed by atoms with Crippen molar-refractivity contribution in [3.05, 3.63) is 101 Å². The summed E-state index contributed by atoms with van der Waals surface area (Å²) in [4.78, 5) is 2.58. The second kappa shape index (κ2) is 11.9. The molecule has 6 heteroatoms. The van der Waals surface area contributed by atoms with Gasteiger partial charge >= 0.3 is 0 Å². The van der Waals surface area contributed by atoms with E-state index in [1.54, 1.807) is 6.92 Å². The van der Waals surface area contributed by atoms with Gasteiger partial charge in [-0.05, 0) is 97.1 Å². The topological polar surface area (TPSA) is 36.5 Å². The number of nitrogens with zero attached hydrogens (tertiary/aromatic N) is 1. The van der Waals surface area contributed by atoms with Gasteiger partial charge in [0.25, 0.3) is 0 Å². The number of hydrogen-bond acceptors (Lipinski definition) is 4. The monoisotopic (exact) mass is 639 g/mol. The molecule has 0 saturated carbocycles. The minimum Gasteiger partial charge on any atom is -0.378 e. The predicted octanol–water partition coefficient (Wildman–Crippen LogP) is 7.69. The van der Waals surface area contributed by atoms with Crippen molar-refractivity contribution < 1.29 is 9.13 Å². The Kier molecular flexibility index (Phi) is 8.26. The van der Waals surface area contributed by atoms with Crippen LogP contribution in [-0.4, -0.2) is 37.2 Å². The molecule has 2 unspecified atom stereocenters. The van der Waals surface area contributed by atoms with Crippen LogP contribution in [0.15, 0.2) is 78.9 Å². The standard InChI is InChI=1S/C33H39FIN3O/c1-33(34,35)25-14-17-29-28(20-25)32-27(31(37-29)24-12-6-3-7-13-24)16-15-26(39-32)21-36-30(22-38-18-8-9-19-38)23-10-4-2-5-11-23/h2-7,10-14,17,20,26-27,30-32,36-37H,8-9,15-16,18-19,21-22H2,1H3/t26-,27+,30?,31+,32+,33?/m1/s1. The van der Waals surface area contributed by atoms with Crippen LogP contribution >= 0.6 is 22.6 Å². The third-order valence-electron chi connectivity index (χ3n) is 8.75. The second-order valence-electron chi connectivity index (χ2n) is 11.5. The third kappa shape index (κ3) is 6.19. The molecule has 0 amide bonds. The van der Waals surface area contributed by atoms with E-state index < -0.39 is 3.68 Å². The van der Waals surface area contributed by atoms with E-state index in [0.717, 1.165) is 37.2 Å². The first-order valence-electron chi connectivity index (χ1n) is 14.5. The molecule has 0 bridgehead atoms. The van der Waals surface area contributed by atoms with Crippen molar-refractivity contribution in [2.24, 2.45) is 5.92 Å². The number of halogens is 2. The molecule has 6 rings (SSSR count). The molecule has 3 heterocycles. The summed E-state index contributed by atoms with van der Waals surface area (Å²) in [6.07, 6.45) is 4.70. The molecule has 206 valence electrons. The van der Waals surface area contributed by atoms with Crippen molar-refractivity contribution in [3.63, 3.8) is 0 Å². The Bertz CT molecular complexity index is 1230. The van der Waals surface area contributed by atoms with Crippen LogP contribution in [0.4, 0.5) is 10.1 Å². The fourth-order valence-electron chi connectivity index (χ4n) is 6.64. The number of anilines is 1. The van der Waals surface area contributed by atoms with Gasteiger partial charge in [0.1, 0.15) is 0 Å². The molecule has 3 aromatic carbocycles. The van der Waals surface area contributed by atoms with Crippen LogP contribution in [0, 0.1) is 5.92 Å². The SMILES string of the molecule is CC(F)(I)c1ccc2c(c1)[C@H]1O[C@@H](CNC(CN3CCCC3)c3ccccc3)CC[C@H]1[C@H](c1ccccc1)N2. The lowest BCUT2D eigenvalue weighted by Crippen LogP contribution is -2.44. The lowest BCUT2D eigenvalue weighted by atomic mass is 9.76. The van der Waals surface area contributed by atoms with E-state index in [1.165, 1.54) is 37.1 Å². The van der Waals surface area contributed by atoms with Gasteiger partial charge in [-0.15, -0.1) is 0 Å². The minimum absolute atomic E-state index is 0.0699. The maximum Gasteiger partial charge on any atom is 0.183 e. The zero-order valence-corrected chi connectivity index (χ0v) is 24.8. The fraction of sp³-hybridized carbons (Fsp3) is 0.455. The first-order chi connectivity index (χ1) is 19.0. The van der Waals surface area contributed by atoms with Gasteiger partial charge in [0.15, 0.2) is 3.68 Å². The summed E-state index contributed by atoms with van der Waals surface area (Å²) in [6.45, 7) is 5.83. The highest BCUT2D eigenvalue weighted by Crippen LogP contribution is 2.51. The van der Waals surface area contributed by atoms with Crippen LogP contribution in [0.2, 0.25) is 0 Å². The number of alkyl halides is 2. The van der Waals surface area contributed by atoms with E-state index in [9.17, 15) is 4.39 Å². The molecule has 0 aromatic heterocycles. The van der Waals surface area contributed by atoms with Gasteiger partial charge in [-0.1, -0.05) is 66.7 Å². The summed E-state index contributed by atoms with van der Waals surface area (Å²) in [5.74, 6) is 0.293. The summed E-state index contributed by atoms with van der Waals surface area (Å²) in [7, 11) is 0. The number of ether oxygens (including phenoxy) is 1. The Morgan fingerprint density at radius 1 is 1.03 bits per heavy atom. The van der Waals surface area contributed by atoms with Gasteiger partial charge in [0.2, 0.25) is 0 Å². The Morgan fingerprint density at radius 2 is 1.74 bits per heavy atom. The van der Waals surface area contributed by atoms with Gasteiger partial charge in [0, 0.05) is 36.3 Å². The third-order valence-corrected chi connectivity index (χ3v) is 9.37. The highest BCUT2D eigenvalue weighted by molar-refractivity contribution is 14.1. The number of nitrogens with one attached hydrogen (secondary N) is 2. The Labute approximate surface area is 245 Å². The zero-order valence-electron chi connectivity index (χ0n) is 22.7. The first-order valence-corrected chi connectivity index (χ1v) is 15.5. The molecule has 39 heavy (non-hydrogen) atoms. The Hall–Kier alpha value is -2.00. The normalized spacial score (nSPS) is 27.2. The van der Waals surface area contributed by atoms with Crippen molar-refractivity contribution in [1.29, 1.82) is 0 Å². The van der Waals surface area contributed by atoms with Gasteiger partial charge in [-0.25, -0.2) is 4.39 Å². The molecular formula is C33H39FIN3O. The van der Waals surface area contributed by atoms with Crippen LogP contribution in [-0.2, 0) is 8.41 Å². The average Bonchev–Trinajstić information content (AvgIpc) is 3.48. The lowest BCUT2D eigenvalue weighted by molar-refractivity contribution is -0.0925. The minimum atomic E-state index is -1.42. The second-order valence-corrected chi connectivity index (χ2v) is 13.5. The molecule has 0 aliphatic carbocycles. The molecule has 2 fully saturated rings. The number of likely N-dealkylation sites (tertiary alicyclic amines) is 1. The smallest absolute Gasteiger partial charge is 0.183 e. The van der Waals surface area contributed by atoms with Crippen LogP contribution in [0.5, 0.6) is 0 Å². The van der Waals surface area contributed by atoms with Crippen LogP contribution < -0.4 is 10.6 Å². The van der Waals surface area contributed by atoms with Crippen molar-refractivity contribution >= 4 is 28.3 Å². The van der Waals surface area contributed by atoms with E-state index in [0.29, 0.717) is 11.5 Å². The summed E-state index contributed by atoms with van der Waals surface area (Å²) in [5.41, 5.74) is 5.45. The van der Waals surface area contributed by atoms with E-state index >= 15 is 0 Å². The fourth-order valence-corrected chi connectivity index (χ4v) is 6.98. The van der Waals surface area contributed by atoms with Gasteiger partial charge in [-0.3, -0.25) is 0 Å². The molecule has 3 aliphatic rings. The van der Waals surface area contributed by atoms with Crippen LogP contribution in [0.3, 0.4) is 0 Å². The zero-order chi connectivity index (χ0) is 26.8. The number of hydrogen-bond donors (Lipinski definition) is 2. The van der Waals surface area contributed by atoms with Gasteiger partial charge < -0.3 is 20.3 Å². The molecule has 6 atom stereocenters. The summed E-state index contributed by atoms with van der Waals surface area (Å²) >= 11 is 1.89. The molecule has 3 aliphatic heterocycles. The van der Waals surface area contributed by atoms with Crippen LogP contribution in [0.25, 0.3) is 0 Å². The van der Waals surface area contributed by atoms with Gasteiger partial charge in [0.05, 0.1) is 18.2 Å². The lowest BCUT2D eigenvalue weighted by Gasteiger charge is -2.46. The molecule has 4 nitrogen and oxygen atoms in total. The van der Waals surface area contributed by atoms with Crippen LogP contribution in [0.1, 0.15) is 73.0 Å². The Balaban J connectivity index is 1.23. The maximum atomic E-state index is 15.0. The molecule has 0 radical (unpaired) electrons. The molecular weight excluding hydrogens is 600 g/mol. The summed E-state index contributed by atoms with van der Waals surface area (Å²) < 4.78 is 20.5. The van der Waals surface area contributed by atoms with E-state index in [2.05, 4.69) is 76.2 Å². The molecule has 2 N–H and O–H groups in total. The maximum absolute atomic E-state index is 15.0. The highest BCUT2D eigenvalue weighted by Gasteiger charge is 2.43. The number of benzene rings is 3. The average molecular weight is 640 g/mol. The number of fused-ring (bicyclic) bond motifs is 3. The van der Waals surface area contributed by atoms with Crippen molar-refractivity contribution in [1.82, 2.24) is 10.2 Å². The number of rotatable bonds is 8. The summed E-state index contributed by atoms with van der Waals surface area (Å²) in [5, 5.41) is 7.68. The predicted molar refractivity (Wildman–Crippen MR) is 165 cm³/mol. The Morgan fingerprint density at radius 3 is 2.46 bits per heavy atom. The van der Waals surface area contributed by atoms with E-state index in [4.69, 9.17) is 4.74 Å². The van der Waals surface area contributed by atoms with Crippen molar-refractivity contribution in [2.45, 2.75) is 60.6 Å². The molecule has 0 spiro atoms. The van der Waals surface area contributed by atoms with E-state index in [1.807, 2.05) is 40.8 Å². The molecule has 2 saturated heterocycles.